The molecule has 1 aliphatic heterocycles. The van der Waals surface area contributed by atoms with E-state index in [0.717, 1.165) is 0 Å². The molecule has 2 heteroatoms. The summed E-state index contributed by atoms with van der Waals surface area (Å²) in [4.78, 5) is 0. The van der Waals surface area contributed by atoms with E-state index in [4.69, 9.17) is 0 Å². The van der Waals surface area contributed by atoms with Crippen molar-refractivity contribution in [3.05, 3.63) is 0 Å². The van der Waals surface area contributed by atoms with Gasteiger partial charge in [-0.1, -0.05) is 0 Å². The first-order valence-electron chi connectivity index (χ1n) is 1.67. The molecule has 0 aliphatic carbocycles. The summed E-state index contributed by atoms with van der Waals surface area (Å²) in [6, 6.07) is 0. The van der Waals surface area contributed by atoms with Crippen molar-refractivity contribution < 1.29 is 0 Å². The summed E-state index contributed by atoms with van der Waals surface area (Å²) in [5, 5.41) is 0. The summed E-state index contributed by atoms with van der Waals surface area (Å²) in [5.74, 6) is 2.22. The van der Waals surface area contributed by atoms with Gasteiger partial charge in [0, 0.05) is 0 Å². The third-order valence-electron chi connectivity index (χ3n) is 0.538. The fourth-order valence-electron chi connectivity index (χ4n) is 0.304. The Morgan fingerprint density at radius 2 is 2.80 bits per heavy atom. The minimum absolute atomic E-state index is 1.18. The van der Waals surface area contributed by atoms with Crippen molar-refractivity contribution in [1.82, 2.24) is 0 Å². The Bertz CT molecular complexity index is 65.0. The first-order chi connectivity index (χ1) is 2.50. The fourth-order valence-corrected chi connectivity index (χ4v) is 0.913. The van der Waals surface area contributed by atoms with Crippen LogP contribution in [0.5, 0.6) is 0 Å². The van der Waals surface area contributed by atoms with Crippen LogP contribution in [0.25, 0.3) is 0 Å². The summed E-state index contributed by atoms with van der Waals surface area (Å²) >= 11 is 0. The van der Waals surface area contributed by atoms with E-state index in [9.17, 15) is 0 Å². The van der Waals surface area contributed by atoms with Gasteiger partial charge in [0.2, 0.25) is 0 Å². The Morgan fingerprint density at radius 1 is 1.80 bits per heavy atom. The predicted molar refractivity (Wildman–Crippen MR) is 29.6 cm³/mol. The van der Waals surface area contributed by atoms with Gasteiger partial charge in [-0.05, 0) is 0 Å². The summed E-state index contributed by atoms with van der Waals surface area (Å²) in [6.07, 6.45) is 1.18. The molecule has 5 heavy (non-hydrogen) atoms. The molecule has 0 aromatic carbocycles. The van der Waals surface area contributed by atoms with Crippen molar-refractivity contribution in [1.29, 1.82) is 0 Å². The van der Waals surface area contributed by atoms with Crippen LogP contribution in [0, 0.1) is 0 Å². The standard InChI is InChI=1S/C3H4BP/c1-2-5-3-4-1/h2-3H,1H2. The second-order valence-electron chi connectivity index (χ2n) is 0.952. The maximum atomic E-state index is 2.22. The third kappa shape index (κ3) is 0.698. The minimum atomic E-state index is 1.18. The molecule has 0 unspecified atom stereocenters. The van der Waals surface area contributed by atoms with E-state index in [1.807, 2.05) is 0 Å². The molecule has 0 fully saturated rings. The van der Waals surface area contributed by atoms with Crippen molar-refractivity contribution in [2.45, 2.75) is 6.32 Å². The second kappa shape index (κ2) is 1.52. The maximum absolute atomic E-state index is 2.22. The van der Waals surface area contributed by atoms with E-state index >= 15 is 0 Å². The van der Waals surface area contributed by atoms with Gasteiger partial charge in [-0.2, -0.15) is 0 Å². The van der Waals surface area contributed by atoms with Crippen LogP contribution in [0.15, 0.2) is 0 Å². The zero-order chi connectivity index (χ0) is 3.54. The van der Waals surface area contributed by atoms with E-state index in [1.165, 1.54) is 14.5 Å². The molecule has 0 saturated heterocycles. The molecule has 0 amide bonds. The average Bonchev–Trinajstić information content (AvgIpc) is 1.76. The molecule has 0 atom stereocenters. The monoisotopic (exact) mass is 82.0 g/mol. The topological polar surface area (TPSA) is 0 Å². The quantitative estimate of drug-likeness (QED) is 0.297. The fraction of sp³-hybridized carbons (Fsp3) is 0.333. The number of rotatable bonds is 0. The van der Waals surface area contributed by atoms with Crippen molar-refractivity contribution in [3.63, 3.8) is 0 Å². The molecule has 0 aromatic heterocycles. The van der Waals surface area contributed by atoms with Crippen LogP contribution in [0.2, 0.25) is 6.32 Å². The van der Waals surface area contributed by atoms with Crippen molar-refractivity contribution in [3.8, 4) is 0 Å². The first kappa shape index (κ1) is 3.30. The van der Waals surface area contributed by atoms with Gasteiger partial charge in [0.05, 0.1) is 0 Å². The van der Waals surface area contributed by atoms with Gasteiger partial charge < -0.3 is 0 Å². The zero-order valence-electron chi connectivity index (χ0n) is 2.89. The SMILES string of the molecule is B1=CP=CC1. The van der Waals surface area contributed by atoms with E-state index in [2.05, 4.69) is 18.4 Å². The second-order valence-corrected chi connectivity index (χ2v) is 1.91. The molecule has 24 valence electrons. The van der Waals surface area contributed by atoms with Gasteiger partial charge in [-0.15, -0.1) is 0 Å². The van der Waals surface area contributed by atoms with E-state index in [-0.39, 0.29) is 0 Å². The summed E-state index contributed by atoms with van der Waals surface area (Å²) in [5.41, 5.74) is 2.15. The van der Waals surface area contributed by atoms with Crippen molar-refractivity contribution in [2.24, 2.45) is 0 Å². The Labute approximate surface area is 33.9 Å². The van der Waals surface area contributed by atoms with Crippen molar-refractivity contribution in [2.75, 3.05) is 0 Å². The van der Waals surface area contributed by atoms with Crippen LogP contribution in [-0.2, 0) is 0 Å². The summed E-state index contributed by atoms with van der Waals surface area (Å²) in [6.45, 7) is 2.17. The summed E-state index contributed by atoms with van der Waals surface area (Å²) in [7, 11) is 1.39. The predicted octanol–water partition coefficient (Wildman–Crippen LogP) is 0.631. The van der Waals surface area contributed by atoms with Gasteiger partial charge in [0.25, 0.3) is 0 Å². The van der Waals surface area contributed by atoms with Crippen molar-refractivity contribution >= 4 is 26.6 Å². The third-order valence-corrected chi connectivity index (χ3v) is 1.34. The zero-order valence-corrected chi connectivity index (χ0v) is 3.78. The van der Waals surface area contributed by atoms with Gasteiger partial charge in [-0.25, -0.2) is 0 Å². The van der Waals surface area contributed by atoms with Gasteiger partial charge in [0.1, 0.15) is 0 Å². The van der Waals surface area contributed by atoms with Crippen LogP contribution >= 0.6 is 8.20 Å². The molecular formula is C3H4BP. The Morgan fingerprint density at radius 3 is 3.00 bits per heavy atom. The Hall–Kier alpha value is 0.105. The molecule has 1 aliphatic rings. The molecule has 0 nitrogen and oxygen atoms in total. The Balaban J connectivity index is 2.61. The molecule has 0 bridgehead atoms. The molecule has 1 heterocycles. The molecule has 0 spiro atoms. The average molecular weight is 81.9 g/mol. The molecule has 0 radical (unpaired) electrons. The van der Waals surface area contributed by atoms with Gasteiger partial charge >= 0.3 is 32.9 Å². The first-order valence-corrected chi connectivity index (χ1v) is 2.70. The van der Waals surface area contributed by atoms with E-state index in [1.54, 1.807) is 0 Å². The van der Waals surface area contributed by atoms with Crippen LogP contribution in [0.1, 0.15) is 0 Å². The van der Waals surface area contributed by atoms with Crippen LogP contribution in [-0.4, -0.2) is 18.4 Å². The Kier molecular flexibility index (Phi) is 1.00. The van der Waals surface area contributed by atoms with Crippen LogP contribution in [0.3, 0.4) is 0 Å². The normalized spacial score (nSPS) is 19.2. The molecule has 0 N–H and O–H groups in total. The van der Waals surface area contributed by atoms with Gasteiger partial charge in [-0.3, -0.25) is 0 Å². The van der Waals surface area contributed by atoms with Gasteiger partial charge in [0.15, 0.2) is 0 Å². The number of hydrogen-bond donors (Lipinski definition) is 0. The molecule has 1 rings (SSSR count). The molecule has 0 aromatic rings. The molecule has 0 saturated carbocycles. The van der Waals surface area contributed by atoms with E-state index < -0.39 is 0 Å². The number of hydrogen-bond acceptors (Lipinski definition) is 0. The summed E-state index contributed by atoms with van der Waals surface area (Å²) < 4.78 is 0. The van der Waals surface area contributed by atoms with E-state index in [0.29, 0.717) is 0 Å². The van der Waals surface area contributed by atoms with Crippen LogP contribution in [0.4, 0.5) is 0 Å². The molecular weight excluding hydrogens is 77.8 g/mol. The van der Waals surface area contributed by atoms with Crippen LogP contribution < -0.4 is 0 Å².